The predicted octanol–water partition coefficient (Wildman–Crippen LogP) is 2.78. The van der Waals surface area contributed by atoms with E-state index >= 15 is 0 Å². The van der Waals surface area contributed by atoms with E-state index in [1.54, 1.807) is 0 Å². The summed E-state index contributed by atoms with van der Waals surface area (Å²) in [5.74, 6) is 0.713. The largest absolute Gasteiger partial charge is 0.307 e. The van der Waals surface area contributed by atoms with E-state index in [0.29, 0.717) is 18.0 Å². The minimum absolute atomic E-state index is 0.468. The first-order chi connectivity index (χ1) is 9.75. The fraction of sp³-hybridized carbons (Fsp3) is 0.706. The maximum atomic E-state index is 4.58. The van der Waals surface area contributed by atoms with Crippen molar-refractivity contribution in [2.45, 2.75) is 51.6 Å². The summed E-state index contributed by atoms with van der Waals surface area (Å²) < 4.78 is 0. The van der Waals surface area contributed by atoms with Gasteiger partial charge in [-0.05, 0) is 56.3 Å². The molecule has 20 heavy (non-hydrogen) atoms. The molecular formula is C17H27N3. The second-order valence-electron chi connectivity index (χ2n) is 6.60. The number of likely N-dealkylation sites (tertiary alicyclic amines) is 1. The Hall–Kier alpha value is -0.930. The van der Waals surface area contributed by atoms with Gasteiger partial charge >= 0.3 is 0 Å². The summed E-state index contributed by atoms with van der Waals surface area (Å²) in [6.07, 6.45) is 7.06. The van der Waals surface area contributed by atoms with Crippen molar-refractivity contribution < 1.29 is 0 Å². The molecule has 1 aromatic rings. The SMILES string of the molecule is CC(C)C(CNC1CCc2cccnc21)N1CCCC1. The molecule has 1 saturated heterocycles. The van der Waals surface area contributed by atoms with Gasteiger partial charge in [-0.25, -0.2) is 0 Å². The molecule has 2 atom stereocenters. The molecule has 1 aliphatic heterocycles. The summed E-state index contributed by atoms with van der Waals surface area (Å²) in [6.45, 7) is 8.36. The lowest BCUT2D eigenvalue weighted by atomic mass is 10.0. The zero-order valence-electron chi connectivity index (χ0n) is 12.8. The van der Waals surface area contributed by atoms with E-state index in [2.05, 4.69) is 41.2 Å². The molecule has 2 unspecified atom stereocenters. The molecule has 0 aromatic carbocycles. The number of hydrogen-bond acceptors (Lipinski definition) is 3. The Morgan fingerprint density at radius 2 is 2.15 bits per heavy atom. The molecule has 2 aliphatic rings. The van der Waals surface area contributed by atoms with Gasteiger partial charge in [0, 0.05) is 18.8 Å². The minimum Gasteiger partial charge on any atom is -0.307 e. The van der Waals surface area contributed by atoms with E-state index in [9.17, 15) is 0 Å². The van der Waals surface area contributed by atoms with Crippen LogP contribution in [0.3, 0.4) is 0 Å². The van der Waals surface area contributed by atoms with Gasteiger partial charge in [0.1, 0.15) is 0 Å². The third-order valence-electron chi connectivity index (χ3n) is 4.91. The van der Waals surface area contributed by atoms with Gasteiger partial charge in [-0.15, -0.1) is 0 Å². The van der Waals surface area contributed by atoms with Crippen LogP contribution in [0, 0.1) is 5.92 Å². The number of nitrogens with zero attached hydrogens (tertiary/aromatic N) is 2. The Labute approximate surface area is 122 Å². The number of rotatable bonds is 5. The number of hydrogen-bond donors (Lipinski definition) is 1. The average Bonchev–Trinajstić information content (AvgIpc) is 3.09. The third-order valence-corrected chi connectivity index (χ3v) is 4.91. The van der Waals surface area contributed by atoms with Crippen molar-refractivity contribution in [2.24, 2.45) is 5.92 Å². The van der Waals surface area contributed by atoms with Crippen molar-refractivity contribution in [3.05, 3.63) is 29.6 Å². The Kier molecular flexibility index (Phi) is 4.37. The van der Waals surface area contributed by atoms with Gasteiger partial charge in [-0.3, -0.25) is 9.88 Å². The maximum absolute atomic E-state index is 4.58. The standard InChI is InChI=1S/C17H27N3/c1-13(2)16(20-10-3-4-11-20)12-19-15-8-7-14-6-5-9-18-17(14)15/h5-6,9,13,15-16,19H,3-4,7-8,10-12H2,1-2H3. The molecule has 1 aromatic heterocycles. The molecule has 0 radical (unpaired) electrons. The zero-order chi connectivity index (χ0) is 13.9. The molecule has 110 valence electrons. The van der Waals surface area contributed by atoms with E-state index in [1.807, 2.05) is 6.20 Å². The van der Waals surface area contributed by atoms with E-state index in [1.165, 1.54) is 50.0 Å². The van der Waals surface area contributed by atoms with Crippen LogP contribution in [-0.2, 0) is 6.42 Å². The van der Waals surface area contributed by atoms with E-state index in [4.69, 9.17) is 0 Å². The van der Waals surface area contributed by atoms with Crippen LogP contribution in [0.25, 0.3) is 0 Å². The van der Waals surface area contributed by atoms with Crippen molar-refractivity contribution >= 4 is 0 Å². The molecule has 0 bridgehead atoms. The van der Waals surface area contributed by atoms with Crippen molar-refractivity contribution in [3.63, 3.8) is 0 Å². The van der Waals surface area contributed by atoms with Crippen LogP contribution in [0.1, 0.15) is 50.4 Å². The highest BCUT2D eigenvalue weighted by molar-refractivity contribution is 5.27. The molecule has 3 heteroatoms. The third kappa shape index (κ3) is 2.89. The molecule has 1 aliphatic carbocycles. The molecule has 2 heterocycles. The maximum Gasteiger partial charge on any atom is 0.0605 e. The highest BCUT2D eigenvalue weighted by Crippen LogP contribution is 2.29. The molecular weight excluding hydrogens is 246 g/mol. The van der Waals surface area contributed by atoms with Crippen LogP contribution in [0.4, 0.5) is 0 Å². The minimum atomic E-state index is 0.468. The summed E-state index contributed by atoms with van der Waals surface area (Å²) in [7, 11) is 0. The van der Waals surface area contributed by atoms with E-state index in [0.717, 1.165) is 6.54 Å². The fourth-order valence-corrected chi connectivity index (χ4v) is 3.73. The van der Waals surface area contributed by atoms with Gasteiger partial charge in [-0.1, -0.05) is 19.9 Å². The molecule has 1 fully saturated rings. The molecule has 0 amide bonds. The first-order valence-corrected chi connectivity index (χ1v) is 8.17. The molecule has 3 nitrogen and oxygen atoms in total. The summed E-state index contributed by atoms with van der Waals surface area (Å²) in [5.41, 5.74) is 2.73. The van der Waals surface area contributed by atoms with Gasteiger partial charge in [0.2, 0.25) is 0 Å². The molecule has 0 saturated carbocycles. The first-order valence-electron chi connectivity index (χ1n) is 8.17. The van der Waals surface area contributed by atoms with Crippen molar-refractivity contribution in [2.75, 3.05) is 19.6 Å². The molecule has 3 rings (SSSR count). The van der Waals surface area contributed by atoms with E-state index in [-0.39, 0.29) is 0 Å². The van der Waals surface area contributed by atoms with Crippen LogP contribution >= 0.6 is 0 Å². The number of fused-ring (bicyclic) bond motifs is 1. The van der Waals surface area contributed by atoms with Gasteiger partial charge in [0.05, 0.1) is 11.7 Å². The van der Waals surface area contributed by atoms with Gasteiger partial charge in [0.15, 0.2) is 0 Å². The van der Waals surface area contributed by atoms with Crippen molar-refractivity contribution in [1.29, 1.82) is 0 Å². The number of aryl methyl sites for hydroxylation is 1. The Morgan fingerprint density at radius 1 is 1.35 bits per heavy atom. The quantitative estimate of drug-likeness (QED) is 0.894. The highest BCUT2D eigenvalue weighted by atomic mass is 15.2. The number of pyridine rings is 1. The van der Waals surface area contributed by atoms with Gasteiger partial charge in [-0.2, -0.15) is 0 Å². The van der Waals surface area contributed by atoms with E-state index < -0.39 is 0 Å². The van der Waals surface area contributed by atoms with Crippen LogP contribution in [0.2, 0.25) is 0 Å². The summed E-state index contributed by atoms with van der Waals surface area (Å²) in [5, 5.41) is 3.79. The first kappa shape index (κ1) is 14.0. The number of nitrogens with one attached hydrogen (secondary N) is 1. The summed E-state index contributed by atoms with van der Waals surface area (Å²) in [4.78, 5) is 7.26. The molecule has 0 spiro atoms. The smallest absolute Gasteiger partial charge is 0.0605 e. The van der Waals surface area contributed by atoms with Crippen molar-refractivity contribution in [3.8, 4) is 0 Å². The Morgan fingerprint density at radius 3 is 2.90 bits per heavy atom. The monoisotopic (exact) mass is 273 g/mol. The Balaban J connectivity index is 1.61. The number of aromatic nitrogens is 1. The normalized spacial score (nSPS) is 24.2. The molecule has 1 N–H and O–H groups in total. The fourth-order valence-electron chi connectivity index (χ4n) is 3.73. The summed E-state index contributed by atoms with van der Waals surface area (Å²) in [6, 6.07) is 5.42. The summed E-state index contributed by atoms with van der Waals surface area (Å²) >= 11 is 0. The second kappa shape index (κ2) is 6.23. The predicted molar refractivity (Wildman–Crippen MR) is 82.7 cm³/mol. The van der Waals surface area contributed by atoms with Gasteiger partial charge < -0.3 is 5.32 Å². The van der Waals surface area contributed by atoms with Crippen LogP contribution in [-0.4, -0.2) is 35.6 Å². The van der Waals surface area contributed by atoms with Crippen LogP contribution in [0.5, 0.6) is 0 Å². The lowest BCUT2D eigenvalue weighted by Gasteiger charge is -2.32. The van der Waals surface area contributed by atoms with Crippen molar-refractivity contribution in [1.82, 2.24) is 15.2 Å². The second-order valence-corrected chi connectivity index (χ2v) is 6.60. The average molecular weight is 273 g/mol. The lowest BCUT2D eigenvalue weighted by Crippen LogP contribution is -2.44. The topological polar surface area (TPSA) is 28.2 Å². The van der Waals surface area contributed by atoms with Crippen LogP contribution < -0.4 is 5.32 Å². The Bertz CT molecular complexity index is 438. The van der Waals surface area contributed by atoms with Crippen LogP contribution in [0.15, 0.2) is 18.3 Å². The highest BCUT2D eigenvalue weighted by Gasteiger charge is 2.28. The van der Waals surface area contributed by atoms with Gasteiger partial charge in [0.25, 0.3) is 0 Å². The zero-order valence-corrected chi connectivity index (χ0v) is 12.8. The lowest BCUT2D eigenvalue weighted by molar-refractivity contribution is 0.181.